The van der Waals surface area contributed by atoms with Crippen molar-refractivity contribution in [2.24, 2.45) is 0 Å². The maximum atomic E-state index is 5.22. The number of nitrogens with one attached hydrogen (secondary N) is 1. The minimum atomic E-state index is 0.0995. The monoisotopic (exact) mass is 155 g/mol. The van der Waals surface area contributed by atoms with Gasteiger partial charge in [0.1, 0.15) is 0 Å². The topological polar surface area (TPSA) is 60.2 Å². The van der Waals surface area contributed by atoms with Crippen molar-refractivity contribution in [1.29, 1.82) is 0 Å². The second-order valence-electron chi connectivity index (χ2n) is 2.37. The van der Waals surface area contributed by atoms with Crippen LogP contribution in [0.15, 0.2) is 10.9 Å². The molecule has 1 unspecified atom stereocenters. The van der Waals surface area contributed by atoms with Gasteiger partial charge >= 0.3 is 0 Å². The zero-order valence-corrected chi connectivity index (χ0v) is 5.99. The molecule has 1 aliphatic heterocycles. The van der Waals surface area contributed by atoms with Gasteiger partial charge in [0.25, 0.3) is 0 Å². The molecule has 60 valence electrons. The molecule has 0 radical (unpaired) electrons. The third kappa shape index (κ3) is 1.38. The van der Waals surface area contributed by atoms with Crippen molar-refractivity contribution in [1.82, 2.24) is 15.5 Å². The van der Waals surface area contributed by atoms with Gasteiger partial charge in [-0.05, 0) is 0 Å². The largest absolute Gasteiger partial charge is 0.378 e. The zero-order chi connectivity index (χ0) is 7.52. The second-order valence-corrected chi connectivity index (χ2v) is 2.37. The summed E-state index contributed by atoms with van der Waals surface area (Å²) in [6.45, 7) is 2.23. The fraction of sp³-hybridized carbons (Fsp3) is 0.667. The summed E-state index contributed by atoms with van der Waals surface area (Å²) < 4.78 is 9.83. The summed E-state index contributed by atoms with van der Waals surface area (Å²) in [5, 5.41) is 6.92. The number of rotatable bonds is 1. The summed E-state index contributed by atoms with van der Waals surface area (Å²) in [6.07, 6.45) is 1.33. The molecule has 0 aliphatic carbocycles. The van der Waals surface area contributed by atoms with Crippen LogP contribution in [0.4, 0.5) is 0 Å². The number of morpholine rings is 1. The van der Waals surface area contributed by atoms with E-state index in [0.29, 0.717) is 12.4 Å². The van der Waals surface area contributed by atoms with Crippen molar-refractivity contribution in [3.63, 3.8) is 0 Å². The van der Waals surface area contributed by atoms with Gasteiger partial charge in [0.2, 0.25) is 6.39 Å². The molecule has 0 saturated carbocycles. The minimum absolute atomic E-state index is 0.0995. The SMILES string of the molecule is c1nc(C2COCCN2)no1. The third-order valence-corrected chi connectivity index (χ3v) is 1.61. The molecule has 2 rings (SSSR count). The number of ether oxygens (including phenoxy) is 1. The Morgan fingerprint density at radius 1 is 1.64 bits per heavy atom. The normalized spacial score (nSPS) is 25.3. The first-order valence-corrected chi connectivity index (χ1v) is 3.54. The van der Waals surface area contributed by atoms with Crippen molar-refractivity contribution >= 4 is 0 Å². The maximum Gasteiger partial charge on any atom is 0.213 e. The highest BCUT2D eigenvalue weighted by Crippen LogP contribution is 2.09. The third-order valence-electron chi connectivity index (χ3n) is 1.61. The van der Waals surface area contributed by atoms with Crippen LogP contribution < -0.4 is 5.32 Å². The van der Waals surface area contributed by atoms with Gasteiger partial charge < -0.3 is 14.6 Å². The van der Waals surface area contributed by atoms with Crippen LogP contribution >= 0.6 is 0 Å². The van der Waals surface area contributed by atoms with E-state index >= 15 is 0 Å². The van der Waals surface area contributed by atoms with Crippen LogP contribution in [0.5, 0.6) is 0 Å². The highest BCUT2D eigenvalue weighted by atomic mass is 16.5. The van der Waals surface area contributed by atoms with Gasteiger partial charge in [-0.3, -0.25) is 0 Å². The number of aromatic nitrogens is 2. The lowest BCUT2D eigenvalue weighted by atomic mass is 10.3. The van der Waals surface area contributed by atoms with E-state index in [0.717, 1.165) is 13.2 Å². The summed E-state index contributed by atoms with van der Waals surface area (Å²) in [5.74, 6) is 0.671. The molecular formula is C6H9N3O2. The Labute approximate surface area is 63.7 Å². The van der Waals surface area contributed by atoms with Gasteiger partial charge in [-0.15, -0.1) is 0 Å². The lowest BCUT2D eigenvalue weighted by molar-refractivity contribution is 0.0734. The van der Waals surface area contributed by atoms with Crippen molar-refractivity contribution in [2.45, 2.75) is 6.04 Å². The highest BCUT2D eigenvalue weighted by molar-refractivity contribution is 4.91. The average Bonchev–Trinajstić information content (AvgIpc) is 2.58. The molecule has 5 nitrogen and oxygen atoms in total. The van der Waals surface area contributed by atoms with Crippen LogP contribution in [0.25, 0.3) is 0 Å². The van der Waals surface area contributed by atoms with Crippen LogP contribution in [0.1, 0.15) is 11.9 Å². The molecule has 1 aromatic heterocycles. The maximum absolute atomic E-state index is 5.22. The molecule has 2 heterocycles. The van der Waals surface area contributed by atoms with Gasteiger partial charge in [0.15, 0.2) is 5.82 Å². The Morgan fingerprint density at radius 2 is 2.64 bits per heavy atom. The molecule has 11 heavy (non-hydrogen) atoms. The molecule has 1 saturated heterocycles. The van der Waals surface area contributed by atoms with E-state index in [-0.39, 0.29) is 6.04 Å². The first-order valence-electron chi connectivity index (χ1n) is 3.54. The first kappa shape index (κ1) is 6.75. The van der Waals surface area contributed by atoms with E-state index in [2.05, 4.69) is 20.0 Å². The molecule has 0 bridgehead atoms. The van der Waals surface area contributed by atoms with Crippen LogP contribution in [-0.2, 0) is 4.74 Å². The molecule has 0 aromatic carbocycles. The van der Waals surface area contributed by atoms with Crippen molar-refractivity contribution in [2.75, 3.05) is 19.8 Å². The van der Waals surface area contributed by atoms with Gasteiger partial charge in [-0.1, -0.05) is 5.16 Å². The Hall–Kier alpha value is -0.940. The Bertz CT molecular complexity index is 206. The van der Waals surface area contributed by atoms with Crippen LogP contribution in [0, 0.1) is 0 Å². The molecule has 0 spiro atoms. The fourth-order valence-electron chi connectivity index (χ4n) is 1.06. The standard InChI is InChI=1S/C6H9N3O2/c1-2-10-3-5(7-1)6-8-4-11-9-6/h4-5,7H,1-3H2. The minimum Gasteiger partial charge on any atom is -0.378 e. The molecule has 1 aromatic rings. The first-order chi connectivity index (χ1) is 5.47. The number of nitrogens with zero attached hydrogens (tertiary/aromatic N) is 2. The quantitative estimate of drug-likeness (QED) is 0.605. The summed E-state index contributed by atoms with van der Waals surface area (Å²) in [5.41, 5.74) is 0. The van der Waals surface area contributed by atoms with Gasteiger partial charge in [0.05, 0.1) is 19.3 Å². The van der Waals surface area contributed by atoms with Crippen molar-refractivity contribution in [3.05, 3.63) is 12.2 Å². The van der Waals surface area contributed by atoms with Crippen LogP contribution in [-0.4, -0.2) is 29.9 Å². The fourth-order valence-corrected chi connectivity index (χ4v) is 1.06. The van der Waals surface area contributed by atoms with Crippen LogP contribution in [0.2, 0.25) is 0 Å². The molecule has 1 aliphatic rings. The van der Waals surface area contributed by atoms with Crippen LogP contribution in [0.3, 0.4) is 0 Å². The smallest absolute Gasteiger partial charge is 0.213 e. The molecule has 5 heteroatoms. The predicted molar refractivity (Wildman–Crippen MR) is 35.9 cm³/mol. The lowest BCUT2D eigenvalue weighted by Crippen LogP contribution is -2.35. The van der Waals surface area contributed by atoms with Gasteiger partial charge in [-0.25, -0.2) is 0 Å². The molecule has 1 N–H and O–H groups in total. The van der Waals surface area contributed by atoms with Crippen molar-refractivity contribution < 1.29 is 9.26 Å². The zero-order valence-electron chi connectivity index (χ0n) is 5.99. The van der Waals surface area contributed by atoms with E-state index in [1.807, 2.05) is 0 Å². The Kier molecular flexibility index (Phi) is 1.83. The predicted octanol–water partition coefficient (Wildman–Crippen LogP) is -0.270. The lowest BCUT2D eigenvalue weighted by Gasteiger charge is -2.20. The molecule has 1 fully saturated rings. The van der Waals surface area contributed by atoms with E-state index in [1.54, 1.807) is 0 Å². The number of hydrogen-bond donors (Lipinski definition) is 1. The molecule has 1 atom stereocenters. The summed E-state index contributed by atoms with van der Waals surface area (Å²) in [4.78, 5) is 3.92. The second kappa shape index (κ2) is 2.98. The average molecular weight is 155 g/mol. The molecule has 0 amide bonds. The van der Waals surface area contributed by atoms with Crippen molar-refractivity contribution in [3.8, 4) is 0 Å². The summed E-state index contributed by atoms with van der Waals surface area (Å²) in [6, 6.07) is 0.0995. The Morgan fingerprint density at radius 3 is 3.27 bits per heavy atom. The molecular weight excluding hydrogens is 146 g/mol. The number of hydrogen-bond acceptors (Lipinski definition) is 5. The highest BCUT2D eigenvalue weighted by Gasteiger charge is 2.18. The van der Waals surface area contributed by atoms with E-state index < -0.39 is 0 Å². The van der Waals surface area contributed by atoms with E-state index in [1.165, 1.54) is 6.39 Å². The van der Waals surface area contributed by atoms with E-state index in [9.17, 15) is 0 Å². The van der Waals surface area contributed by atoms with Gasteiger partial charge in [-0.2, -0.15) is 4.98 Å². The summed E-state index contributed by atoms with van der Waals surface area (Å²) >= 11 is 0. The van der Waals surface area contributed by atoms with E-state index in [4.69, 9.17) is 4.74 Å². The Balaban J connectivity index is 2.04. The summed E-state index contributed by atoms with van der Waals surface area (Å²) in [7, 11) is 0. The van der Waals surface area contributed by atoms with Gasteiger partial charge in [0, 0.05) is 6.54 Å².